The fourth-order valence-electron chi connectivity index (χ4n) is 2.67. The van der Waals surface area contributed by atoms with Crippen molar-refractivity contribution < 1.29 is 14.3 Å². The molecule has 0 aliphatic rings. The highest BCUT2D eigenvalue weighted by atomic mass is 16.5. The Morgan fingerprint density at radius 2 is 1.78 bits per heavy atom. The van der Waals surface area contributed by atoms with Crippen LogP contribution >= 0.6 is 0 Å². The fourth-order valence-corrected chi connectivity index (χ4v) is 2.67. The lowest BCUT2D eigenvalue weighted by atomic mass is 10.1. The lowest BCUT2D eigenvalue weighted by Crippen LogP contribution is -2.13. The topological polar surface area (TPSA) is 79.2 Å². The van der Waals surface area contributed by atoms with E-state index in [9.17, 15) is 14.9 Å². The molecule has 0 spiro atoms. The zero-order valence-electron chi connectivity index (χ0n) is 14.6. The van der Waals surface area contributed by atoms with Crippen LogP contribution in [0.5, 0.6) is 5.75 Å². The van der Waals surface area contributed by atoms with Gasteiger partial charge in [-0.3, -0.25) is 9.59 Å². The van der Waals surface area contributed by atoms with Crippen molar-refractivity contribution in [2.45, 2.75) is 6.92 Å². The lowest BCUT2D eigenvalue weighted by Gasteiger charge is -2.08. The van der Waals surface area contributed by atoms with Gasteiger partial charge in [0.25, 0.3) is 5.91 Å². The zero-order chi connectivity index (χ0) is 19.2. The van der Waals surface area contributed by atoms with Crippen LogP contribution in [0, 0.1) is 11.3 Å². The summed E-state index contributed by atoms with van der Waals surface area (Å²) >= 11 is 0. The summed E-state index contributed by atoms with van der Waals surface area (Å²) < 4.78 is 5.02. The first-order chi connectivity index (χ1) is 13.1. The molecule has 0 unspecified atom stereocenters. The van der Waals surface area contributed by atoms with Crippen molar-refractivity contribution in [3.63, 3.8) is 0 Å². The van der Waals surface area contributed by atoms with E-state index in [0.717, 1.165) is 10.8 Å². The first-order valence-electron chi connectivity index (χ1n) is 8.26. The van der Waals surface area contributed by atoms with E-state index in [4.69, 9.17) is 4.74 Å². The molecule has 0 aliphatic heterocycles. The highest BCUT2D eigenvalue weighted by Gasteiger charge is 2.11. The molecule has 3 aromatic rings. The lowest BCUT2D eigenvalue weighted by molar-refractivity contribution is -0.131. The molecule has 0 aliphatic carbocycles. The monoisotopic (exact) mass is 356 g/mol. The first-order valence-corrected chi connectivity index (χ1v) is 8.26. The molecular weight excluding hydrogens is 340 g/mol. The van der Waals surface area contributed by atoms with Gasteiger partial charge in [-0.1, -0.05) is 48.5 Å². The standard InChI is InChI=1S/C22H16N2O3/c1-15(25)27-19-9-4-6-16(13-19)12-18(14-23)22(26)24-21-11-5-8-17-7-2-3-10-20(17)21/h2-13H,1H3,(H,24,26)/b18-12+. The third-order valence-corrected chi connectivity index (χ3v) is 3.83. The molecule has 0 heterocycles. The molecule has 0 fully saturated rings. The number of nitriles is 1. The number of nitrogens with one attached hydrogen (secondary N) is 1. The number of nitrogens with zero attached hydrogens (tertiary/aromatic N) is 1. The first kappa shape index (κ1) is 17.9. The summed E-state index contributed by atoms with van der Waals surface area (Å²) in [5.74, 6) is -0.597. The Morgan fingerprint density at radius 3 is 2.56 bits per heavy atom. The Bertz CT molecular complexity index is 1090. The van der Waals surface area contributed by atoms with E-state index in [0.29, 0.717) is 17.0 Å². The van der Waals surface area contributed by atoms with Crippen molar-refractivity contribution in [2.75, 3.05) is 5.32 Å². The van der Waals surface area contributed by atoms with Crippen molar-refractivity contribution in [2.24, 2.45) is 0 Å². The summed E-state index contributed by atoms with van der Waals surface area (Å²) in [6.45, 7) is 1.31. The Kier molecular flexibility index (Phi) is 5.29. The predicted octanol–water partition coefficient (Wildman–Crippen LogP) is 4.31. The molecule has 27 heavy (non-hydrogen) atoms. The average Bonchev–Trinajstić information content (AvgIpc) is 2.66. The van der Waals surface area contributed by atoms with E-state index >= 15 is 0 Å². The number of fused-ring (bicyclic) bond motifs is 1. The summed E-state index contributed by atoms with van der Waals surface area (Å²) in [5, 5.41) is 14.1. The zero-order valence-corrected chi connectivity index (χ0v) is 14.6. The fraction of sp³-hybridized carbons (Fsp3) is 0.0455. The minimum atomic E-state index is -0.508. The van der Waals surface area contributed by atoms with Gasteiger partial charge in [-0.15, -0.1) is 0 Å². The molecule has 3 aromatic carbocycles. The van der Waals surface area contributed by atoms with Crippen molar-refractivity contribution in [3.05, 3.63) is 77.9 Å². The number of carbonyl (C=O) groups is 2. The normalized spacial score (nSPS) is 10.9. The SMILES string of the molecule is CC(=O)Oc1cccc(/C=C(\C#N)C(=O)Nc2cccc3ccccc23)c1. The number of rotatable bonds is 4. The summed E-state index contributed by atoms with van der Waals surface area (Å²) in [6, 6.07) is 21.8. The second kappa shape index (κ2) is 7.98. The van der Waals surface area contributed by atoms with E-state index in [1.807, 2.05) is 42.5 Å². The van der Waals surface area contributed by atoms with E-state index in [1.165, 1.54) is 13.0 Å². The molecule has 0 aromatic heterocycles. The van der Waals surface area contributed by atoms with Crippen molar-refractivity contribution >= 4 is 34.4 Å². The van der Waals surface area contributed by atoms with Crippen molar-refractivity contribution in [1.82, 2.24) is 0 Å². The molecule has 1 N–H and O–H groups in total. The molecule has 3 rings (SSSR count). The predicted molar refractivity (Wildman–Crippen MR) is 104 cm³/mol. The number of ether oxygens (including phenoxy) is 1. The Hall–Kier alpha value is -3.91. The van der Waals surface area contributed by atoms with E-state index in [-0.39, 0.29) is 5.57 Å². The molecule has 0 atom stereocenters. The summed E-state index contributed by atoms with van der Waals surface area (Å²) in [7, 11) is 0. The van der Waals surface area contributed by atoms with Crippen molar-refractivity contribution in [3.8, 4) is 11.8 Å². The molecule has 132 valence electrons. The average molecular weight is 356 g/mol. The molecule has 1 amide bonds. The van der Waals surface area contributed by atoms with Crippen LogP contribution in [0.2, 0.25) is 0 Å². The molecule has 0 radical (unpaired) electrons. The molecule has 0 saturated carbocycles. The Balaban J connectivity index is 1.87. The van der Waals surface area contributed by atoms with Gasteiger partial charge in [-0.25, -0.2) is 0 Å². The molecule has 0 saturated heterocycles. The van der Waals surface area contributed by atoms with Crippen LogP contribution in [-0.4, -0.2) is 11.9 Å². The van der Waals surface area contributed by atoms with Gasteiger partial charge in [0, 0.05) is 18.0 Å². The third kappa shape index (κ3) is 4.39. The molecule has 5 nitrogen and oxygen atoms in total. The van der Waals surface area contributed by atoms with Gasteiger partial charge in [0.15, 0.2) is 0 Å². The van der Waals surface area contributed by atoms with E-state index in [1.54, 1.807) is 30.3 Å². The number of amides is 1. The number of benzene rings is 3. The van der Waals surface area contributed by atoms with Gasteiger partial charge in [0.05, 0.1) is 0 Å². The molecular formula is C22H16N2O3. The van der Waals surface area contributed by atoms with Crippen LogP contribution in [0.1, 0.15) is 12.5 Å². The van der Waals surface area contributed by atoms with Gasteiger partial charge in [-0.05, 0) is 35.2 Å². The molecule has 5 heteroatoms. The van der Waals surface area contributed by atoms with Crippen LogP contribution in [0.15, 0.2) is 72.3 Å². The third-order valence-electron chi connectivity index (χ3n) is 3.83. The minimum Gasteiger partial charge on any atom is -0.427 e. The van der Waals surface area contributed by atoms with Crippen LogP contribution < -0.4 is 10.1 Å². The smallest absolute Gasteiger partial charge is 0.308 e. The van der Waals surface area contributed by atoms with Crippen LogP contribution in [0.3, 0.4) is 0 Å². The number of anilines is 1. The number of esters is 1. The number of hydrogen-bond acceptors (Lipinski definition) is 4. The minimum absolute atomic E-state index is 0.0529. The Labute approximate surface area is 156 Å². The summed E-state index contributed by atoms with van der Waals surface area (Å²) in [5.41, 5.74) is 1.16. The number of hydrogen-bond donors (Lipinski definition) is 1. The summed E-state index contributed by atoms with van der Waals surface area (Å²) in [4.78, 5) is 23.6. The Morgan fingerprint density at radius 1 is 1.04 bits per heavy atom. The summed E-state index contributed by atoms with van der Waals surface area (Å²) in [6.07, 6.45) is 1.45. The van der Waals surface area contributed by atoms with Gasteiger partial charge < -0.3 is 10.1 Å². The van der Waals surface area contributed by atoms with Crippen molar-refractivity contribution in [1.29, 1.82) is 5.26 Å². The van der Waals surface area contributed by atoms with Crippen LogP contribution in [0.4, 0.5) is 5.69 Å². The van der Waals surface area contributed by atoms with Gasteiger partial charge in [-0.2, -0.15) is 5.26 Å². The largest absolute Gasteiger partial charge is 0.427 e. The van der Waals surface area contributed by atoms with Gasteiger partial charge >= 0.3 is 5.97 Å². The van der Waals surface area contributed by atoms with Crippen LogP contribution in [-0.2, 0) is 9.59 Å². The maximum absolute atomic E-state index is 12.6. The van der Waals surface area contributed by atoms with Gasteiger partial charge in [0.2, 0.25) is 0 Å². The highest BCUT2D eigenvalue weighted by molar-refractivity contribution is 6.12. The maximum atomic E-state index is 12.6. The van der Waals surface area contributed by atoms with E-state index < -0.39 is 11.9 Å². The maximum Gasteiger partial charge on any atom is 0.308 e. The van der Waals surface area contributed by atoms with Crippen LogP contribution in [0.25, 0.3) is 16.8 Å². The molecule has 0 bridgehead atoms. The second-order valence-corrected chi connectivity index (χ2v) is 5.82. The number of carbonyl (C=O) groups excluding carboxylic acids is 2. The van der Waals surface area contributed by atoms with E-state index in [2.05, 4.69) is 5.32 Å². The quantitative estimate of drug-likeness (QED) is 0.327. The highest BCUT2D eigenvalue weighted by Crippen LogP contribution is 2.24. The second-order valence-electron chi connectivity index (χ2n) is 5.82. The van der Waals surface area contributed by atoms with Gasteiger partial charge in [0.1, 0.15) is 17.4 Å².